The molecule has 0 radical (unpaired) electrons. The van der Waals surface area contributed by atoms with Gasteiger partial charge in [0.1, 0.15) is 0 Å². The summed E-state index contributed by atoms with van der Waals surface area (Å²) < 4.78 is 15.8. The lowest BCUT2D eigenvalue weighted by molar-refractivity contribution is -0.140. The molecule has 1 unspecified atom stereocenters. The summed E-state index contributed by atoms with van der Waals surface area (Å²) in [5.74, 6) is -7.56. The second-order valence-corrected chi connectivity index (χ2v) is 6.66. The molecule has 1 aromatic rings. The van der Waals surface area contributed by atoms with Gasteiger partial charge in [0.05, 0.1) is 11.5 Å². The van der Waals surface area contributed by atoms with Crippen molar-refractivity contribution < 1.29 is 33.8 Å². The van der Waals surface area contributed by atoms with Gasteiger partial charge in [0.25, 0.3) is 11.7 Å². The van der Waals surface area contributed by atoms with Gasteiger partial charge in [-0.2, -0.15) is 4.39 Å². The number of carboxylic acid groups (broad SMARTS) is 2. The number of aliphatic carboxylic acids is 2. The molecule has 0 aliphatic heterocycles. The number of nitrogens with two attached hydrogens (primary N) is 1. The van der Waals surface area contributed by atoms with Gasteiger partial charge in [-0.05, 0) is 39.2 Å². The third-order valence-corrected chi connectivity index (χ3v) is 3.71. The summed E-state index contributed by atoms with van der Waals surface area (Å²) >= 11 is 0. The van der Waals surface area contributed by atoms with Crippen LogP contribution in [0.5, 0.6) is 0 Å². The highest BCUT2D eigenvalue weighted by Gasteiger charge is 2.34. The molecule has 1 heterocycles. The van der Waals surface area contributed by atoms with E-state index >= 15 is 0 Å². The van der Waals surface area contributed by atoms with E-state index in [-0.39, 0.29) is 24.8 Å². The first-order valence-electron chi connectivity index (χ1n) is 7.57. The van der Waals surface area contributed by atoms with Crippen LogP contribution in [0.25, 0.3) is 0 Å². The third-order valence-electron chi connectivity index (χ3n) is 3.71. The quantitative estimate of drug-likeness (QED) is 0.476. The van der Waals surface area contributed by atoms with Crippen molar-refractivity contribution in [2.45, 2.75) is 51.5 Å². The predicted molar refractivity (Wildman–Crippen MR) is 84.8 cm³/mol. The summed E-state index contributed by atoms with van der Waals surface area (Å²) in [5, 5.41) is 18.1. The van der Waals surface area contributed by atoms with Crippen LogP contribution >= 0.6 is 0 Å². The minimum atomic E-state index is -1.40. The molecule has 0 aromatic carbocycles. The summed E-state index contributed by atoms with van der Waals surface area (Å²) in [6.07, 6.45) is 0.781. The number of ketones is 1. The molecule has 1 aromatic heterocycles. The standard InChI is InChI=1S/C16H21FN2O6/c1-16(2,3)19-7-9(11(13(19)17)12(22)14(18)23)8(15(24)25)5-4-6-10(20)21/h7-8H,4-6H2,1-3H3,(H2,18,23)(H,20,21)(H,24,25). The van der Waals surface area contributed by atoms with Crippen molar-refractivity contribution in [3.05, 3.63) is 23.3 Å². The minimum Gasteiger partial charge on any atom is -0.481 e. The number of primary amides is 1. The van der Waals surface area contributed by atoms with Crippen LogP contribution in [0.1, 0.15) is 61.9 Å². The van der Waals surface area contributed by atoms with E-state index in [1.807, 2.05) is 0 Å². The lowest BCUT2D eigenvalue weighted by atomic mass is 9.91. The van der Waals surface area contributed by atoms with Crippen LogP contribution < -0.4 is 5.73 Å². The maximum absolute atomic E-state index is 14.7. The third kappa shape index (κ3) is 4.65. The number of nitrogens with zero attached hydrogens (tertiary/aromatic N) is 1. The first-order valence-corrected chi connectivity index (χ1v) is 7.57. The van der Waals surface area contributed by atoms with Gasteiger partial charge >= 0.3 is 11.9 Å². The van der Waals surface area contributed by atoms with Crippen molar-refractivity contribution in [1.82, 2.24) is 4.57 Å². The molecular weight excluding hydrogens is 335 g/mol. The van der Waals surface area contributed by atoms with Crippen molar-refractivity contribution in [3.8, 4) is 0 Å². The zero-order valence-corrected chi connectivity index (χ0v) is 14.2. The number of carbonyl (C=O) groups is 4. The molecule has 25 heavy (non-hydrogen) atoms. The molecule has 0 fully saturated rings. The number of hydrogen-bond donors (Lipinski definition) is 3. The Morgan fingerprint density at radius 2 is 1.80 bits per heavy atom. The van der Waals surface area contributed by atoms with E-state index < -0.39 is 46.6 Å². The molecule has 0 aliphatic carbocycles. The van der Waals surface area contributed by atoms with E-state index in [2.05, 4.69) is 0 Å². The Balaban J connectivity index is 3.47. The number of carboxylic acids is 2. The first-order chi connectivity index (χ1) is 11.4. The van der Waals surface area contributed by atoms with Crippen LogP contribution in [0.15, 0.2) is 6.20 Å². The Bertz CT molecular complexity index is 717. The summed E-state index contributed by atoms with van der Waals surface area (Å²) in [4.78, 5) is 45.4. The average molecular weight is 356 g/mol. The van der Waals surface area contributed by atoms with Gasteiger partial charge in [-0.15, -0.1) is 0 Å². The highest BCUT2D eigenvalue weighted by molar-refractivity contribution is 6.42. The summed E-state index contributed by atoms with van der Waals surface area (Å²) in [5.41, 5.74) is 3.27. The number of halogens is 1. The van der Waals surface area contributed by atoms with E-state index in [9.17, 15) is 28.7 Å². The number of rotatable bonds is 8. The molecule has 0 saturated carbocycles. The lowest BCUT2D eigenvalue weighted by Crippen LogP contribution is -2.27. The number of aromatic nitrogens is 1. The van der Waals surface area contributed by atoms with Crippen molar-refractivity contribution in [1.29, 1.82) is 0 Å². The maximum atomic E-state index is 14.7. The Labute approximate surface area is 143 Å². The number of Topliss-reactive ketones (excluding diaryl/α,β-unsaturated/α-hetero) is 1. The molecule has 0 saturated heterocycles. The topological polar surface area (TPSA) is 140 Å². The van der Waals surface area contributed by atoms with Gasteiger partial charge in [-0.25, -0.2) is 0 Å². The van der Waals surface area contributed by atoms with Crippen LogP contribution in [0.4, 0.5) is 4.39 Å². The van der Waals surface area contributed by atoms with Crippen LogP contribution in [-0.2, 0) is 19.9 Å². The molecule has 4 N–H and O–H groups in total. The van der Waals surface area contributed by atoms with Gasteiger partial charge in [0.15, 0.2) is 0 Å². The fourth-order valence-electron chi connectivity index (χ4n) is 2.47. The monoisotopic (exact) mass is 356 g/mol. The molecular formula is C16H21FN2O6. The smallest absolute Gasteiger partial charge is 0.311 e. The molecule has 0 aliphatic rings. The molecule has 1 atom stereocenters. The predicted octanol–water partition coefficient (Wildman–Crippen LogP) is 1.47. The van der Waals surface area contributed by atoms with E-state index in [4.69, 9.17) is 10.8 Å². The molecule has 0 bridgehead atoms. The fraction of sp³-hybridized carbons (Fsp3) is 0.500. The second-order valence-electron chi connectivity index (χ2n) is 6.66. The van der Waals surface area contributed by atoms with Crippen molar-refractivity contribution >= 4 is 23.6 Å². The van der Waals surface area contributed by atoms with Crippen molar-refractivity contribution in [2.75, 3.05) is 0 Å². The summed E-state index contributed by atoms with van der Waals surface area (Å²) in [6, 6.07) is 0. The van der Waals surface area contributed by atoms with Gasteiger partial charge in [-0.1, -0.05) is 0 Å². The first kappa shape index (κ1) is 20.3. The van der Waals surface area contributed by atoms with Crippen LogP contribution in [0.2, 0.25) is 0 Å². The van der Waals surface area contributed by atoms with E-state index in [1.165, 1.54) is 6.20 Å². The van der Waals surface area contributed by atoms with Gasteiger partial charge in [-0.3, -0.25) is 19.2 Å². The highest BCUT2D eigenvalue weighted by atomic mass is 19.1. The average Bonchev–Trinajstić information content (AvgIpc) is 2.79. The molecule has 138 valence electrons. The second kappa shape index (κ2) is 7.45. The number of carbonyl (C=O) groups excluding carboxylic acids is 2. The van der Waals surface area contributed by atoms with Crippen molar-refractivity contribution in [3.63, 3.8) is 0 Å². The fourth-order valence-corrected chi connectivity index (χ4v) is 2.47. The van der Waals surface area contributed by atoms with E-state index in [0.29, 0.717) is 0 Å². The van der Waals surface area contributed by atoms with Crippen LogP contribution in [-0.4, -0.2) is 38.4 Å². The normalized spacial score (nSPS) is 12.6. The van der Waals surface area contributed by atoms with Crippen molar-refractivity contribution in [2.24, 2.45) is 5.73 Å². The summed E-state index contributed by atoms with van der Waals surface area (Å²) in [6.45, 7) is 4.91. The Kier molecular flexibility index (Phi) is 6.06. The SMILES string of the molecule is CC(C)(C)n1cc(C(CCCC(=O)O)C(=O)O)c(C(=O)C(N)=O)c1F. The van der Waals surface area contributed by atoms with Crippen LogP contribution in [0, 0.1) is 5.95 Å². The largest absolute Gasteiger partial charge is 0.481 e. The molecule has 1 amide bonds. The molecule has 0 spiro atoms. The number of hydrogen-bond acceptors (Lipinski definition) is 4. The molecule has 8 nitrogen and oxygen atoms in total. The minimum absolute atomic E-state index is 0.0127. The van der Waals surface area contributed by atoms with Crippen LogP contribution in [0.3, 0.4) is 0 Å². The molecule has 9 heteroatoms. The lowest BCUT2D eigenvalue weighted by Gasteiger charge is -2.21. The highest BCUT2D eigenvalue weighted by Crippen LogP contribution is 2.32. The number of amides is 1. The van der Waals surface area contributed by atoms with E-state index in [0.717, 1.165) is 4.57 Å². The van der Waals surface area contributed by atoms with Gasteiger partial charge < -0.3 is 20.5 Å². The van der Waals surface area contributed by atoms with E-state index in [1.54, 1.807) is 20.8 Å². The summed E-state index contributed by atoms with van der Waals surface area (Å²) in [7, 11) is 0. The van der Waals surface area contributed by atoms with Gasteiger partial charge in [0.2, 0.25) is 5.95 Å². The Hall–Kier alpha value is -2.71. The Morgan fingerprint density at radius 3 is 2.20 bits per heavy atom. The zero-order chi connectivity index (χ0) is 19.5. The maximum Gasteiger partial charge on any atom is 0.311 e. The van der Waals surface area contributed by atoms with Gasteiger partial charge in [0, 0.05) is 18.2 Å². The zero-order valence-electron chi connectivity index (χ0n) is 14.2. The Morgan fingerprint density at radius 1 is 1.24 bits per heavy atom. The molecule has 1 rings (SSSR count).